The highest BCUT2D eigenvalue weighted by Gasteiger charge is 2.25. The lowest BCUT2D eigenvalue weighted by atomic mass is 10.2. The molecule has 2 aromatic heterocycles. The van der Waals surface area contributed by atoms with Crippen molar-refractivity contribution in [3.8, 4) is 0 Å². The summed E-state index contributed by atoms with van der Waals surface area (Å²) in [5, 5.41) is 14.9. The molecule has 21 heavy (non-hydrogen) atoms. The Morgan fingerprint density at radius 2 is 1.86 bits per heavy atom. The minimum absolute atomic E-state index is 0.385. The van der Waals surface area contributed by atoms with E-state index in [4.69, 9.17) is 0 Å². The number of aryl methyl sites for hydroxylation is 1. The molecule has 2 atom stereocenters. The van der Waals surface area contributed by atoms with Crippen molar-refractivity contribution in [2.75, 3.05) is 10.6 Å². The van der Waals surface area contributed by atoms with Crippen molar-refractivity contribution < 1.29 is 0 Å². The first kappa shape index (κ1) is 14.4. The summed E-state index contributed by atoms with van der Waals surface area (Å²) in [5.74, 6) is 1.55. The van der Waals surface area contributed by atoms with Crippen molar-refractivity contribution in [1.82, 2.24) is 20.2 Å². The zero-order chi connectivity index (χ0) is 14.7. The molecule has 2 N–H and O–H groups in total. The molecule has 0 spiro atoms. The summed E-state index contributed by atoms with van der Waals surface area (Å²) < 4.78 is 1.15. The van der Waals surface area contributed by atoms with Gasteiger partial charge in [0.1, 0.15) is 5.82 Å². The van der Waals surface area contributed by atoms with Gasteiger partial charge in [-0.15, -0.1) is 5.10 Å². The van der Waals surface area contributed by atoms with Crippen LogP contribution in [0.2, 0.25) is 0 Å². The Hall–Kier alpha value is -1.51. The number of anilines is 2. The third-order valence-electron chi connectivity index (χ3n) is 3.52. The number of hydrogen-bond acceptors (Lipinski definition) is 6. The summed E-state index contributed by atoms with van der Waals surface area (Å²) >= 11 is 2.26. The van der Waals surface area contributed by atoms with Crippen LogP contribution < -0.4 is 10.6 Å². The van der Waals surface area contributed by atoms with Gasteiger partial charge in [0.25, 0.3) is 0 Å². The van der Waals surface area contributed by atoms with E-state index in [9.17, 15) is 0 Å². The molecule has 2 unspecified atom stereocenters. The predicted octanol–water partition coefficient (Wildman–Crippen LogP) is 2.62. The average Bonchev–Trinajstić information content (AvgIpc) is 2.91. The van der Waals surface area contributed by atoms with Gasteiger partial charge in [0.15, 0.2) is 0 Å². The molecule has 6 nitrogen and oxygen atoms in total. The molecular formula is C14H17IN6. The second-order valence-electron chi connectivity index (χ2n) is 5.28. The fourth-order valence-electron chi connectivity index (χ4n) is 2.50. The Morgan fingerprint density at radius 3 is 2.52 bits per heavy atom. The minimum Gasteiger partial charge on any atom is -0.367 e. The number of nitrogens with zero attached hydrogens (tertiary/aromatic N) is 4. The van der Waals surface area contributed by atoms with Crippen LogP contribution in [-0.4, -0.2) is 32.2 Å². The van der Waals surface area contributed by atoms with Crippen LogP contribution in [0.3, 0.4) is 0 Å². The van der Waals surface area contributed by atoms with Crippen LogP contribution in [0.15, 0.2) is 24.5 Å². The van der Waals surface area contributed by atoms with Crippen LogP contribution in [0.4, 0.5) is 11.8 Å². The summed E-state index contributed by atoms with van der Waals surface area (Å²) in [7, 11) is 0. The molecule has 110 valence electrons. The molecule has 1 aliphatic carbocycles. The van der Waals surface area contributed by atoms with Gasteiger partial charge in [0.2, 0.25) is 5.95 Å². The number of halogens is 1. The van der Waals surface area contributed by atoms with E-state index in [0.717, 1.165) is 34.3 Å². The molecule has 2 heterocycles. The first-order valence-electron chi connectivity index (χ1n) is 7.00. The summed E-state index contributed by atoms with van der Waals surface area (Å²) in [4.78, 5) is 8.63. The number of pyridine rings is 1. The highest BCUT2D eigenvalue weighted by atomic mass is 127. The maximum absolute atomic E-state index is 4.39. The molecule has 0 aromatic carbocycles. The molecule has 0 saturated heterocycles. The zero-order valence-corrected chi connectivity index (χ0v) is 13.9. The normalized spacial score (nSPS) is 21.2. The first-order chi connectivity index (χ1) is 10.2. The molecular weight excluding hydrogens is 379 g/mol. The van der Waals surface area contributed by atoms with Gasteiger partial charge in [-0.2, -0.15) is 5.10 Å². The van der Waals surface area contributed by atoms with Crippen molar-refractivity contribution in [3.05, 3.63) is 33.8 Å². The maximum atomic E-state index is 4.39. The summed E-state index contributed by atoms with van der Waals surface area (Å²) in [5.41, 5.74) is 0.830. The summed E-state index contributed by atoms with van der Waals surface area (Å²) in [6.07, 6.45) is 6.85. The maximum Gasteiger partial charge on any atom is 0.242 e. The highest BCUT2D eigenvalue weighted by Crippen LogP contribution is 2.24. The molecule has 2 aromatic rings. The van der Waals surface area contributed by atoms with Gasteiger partial charge < -0.3 is 10.6 Å². The molecule has 0 amide bonds. The number of nitrogens with one attached hydrogen (secondary N) is 2. The van der Waals surface area contributed by atoms with E-state index < -0.39 is 0 Å². The Balaban J connectivity index is 1.53. The Kier molecular flexibility index (Phi) is 4.47. The second-order valence-corrected chi connectivity index (χ2v) is 6.53. The molecule has 3 rings (SSSR count). The summed E-state index contributed by atoms with van der Waals surface area (Å²) in [6.45, 7) is 1.88. The van der Waals surface area contributed by atoms with Gasteiger partial charge in [-0.3, -0.25) is 0 Å². The third kappa shape index (κ3) is 3.99. The van der Waals surface area contributed by atoms with Crippen LogP contribution >= 0.6 is 22.6 Å². The fourth-order valence-corrected chi connectivity index (χ4v) is 2.81. The van der Waals surface area contributed by atoms with E-state index in [1.807, 2.05) is 19.2 Å². The van der Waals surface area contributed by atoms with Gasteiger partial charge in [-0.05, 0) is 60.9 Å². The largest absolute Gasteiger partial charge is 0.367 e. The van der Waals surface area contributed by atoms with Crippen molar-refractivity contribution in [1.29, 1.82) is 0 Å². The smallest absolute Gasteiger partial charge is 0.242 e. The Morgan fingerprint density at radius 1 is 1.05 bits per heavy atom. The third-order valence-corrected chi connectivity index (χ3v) is 4.16. The van der Waals surface area contributed by atoms with E-state index in [1.165, 1.54) is 0 Å². The standard InChI is InChI=1S/C14H17IN6/c1-9-7-17-14(21-20-9)19-12-4-3-11(6-12)18-13-5-2-10(15)8-16-13/h2,5,7-8,11-12H,3-4,6H2,1H3,(H,16,18)(H,17,19,21). The van der Waals surface area contributed by atoms with Gasteiger partial charge in [-0.1, -0.05) is 0 Å². The van der Waals surface area contributed by atoms with E-state index in [0.29, 0.717) is 18.0 Å². The molecule has 7 heteroatoms. The van der Waals surface area contributed by atoms with E-state index >= 15 is 0 Å². The average molecular weight is 396 g/mol. The number of hydrogen-bond donors (Lipinski definition) is 2. The van der Waals surface area contributed by atoms with Gasteiger partial charge >= 0.3 is 0 Å². The van der Waals surface area contributed by atoms with E-state index in [1.54, 1.807) is 6.20 Å². The van der Waals surface area contributed by atoms with Crippen LogP contribution in [0, 0.1) is 10.5 Å². The Bertz CT molecular complexity index is 532. The fraction of sp³-hybridized carbons (Fsp3) is 0.429. The molecule has 0 aliphatic heterocycles. The van der Waals surface area contributed by atoms with Crippen LogP contribution in [0.5, 0.6) is 0 Å². The minimum atomic E-state index is 0.385. The second kappa shape index (κ2) is 6.50. The highest BCUT2D eigenvalue weighted by molar-refractivity contribution is 14.1. The quantitative estimate of drug-likeness (QED) is 0.774. The molecule has 1 saturated carbocycles. The van der Waals surface area contributed by atoms with Crippen LogP contribution in [0.25, 0.3) is 0 Å². The van der Waals surface area contributed by atoms with Gasteiger partial charge in [0.05, 0.1) is 11.9 Å². The van der Waals surface area contributed by atoms with Crippen molar-refractivity contribution >= 4 is 34.4 Å². The SMILES string of the molecule is Cc1cnc(NC2CCC(Nc3ccc(I)cn3)C2)nn1. The lowest BCUT2D eigenvalue weighted by molar-refractivity contribution is 0.712. The topological polar surface area (TPSA) is 75.6 Å². The molecule has 0 radical (unpaired) electrons. The van der Waals surface area contributed by atoms with Crippen molar-refractivity contribution in [2.45, 2.75) is 38.3 Å². The number of aromatic nitrogens is 4. The zero-order valence-electron chi connectivity index (χ0n) is 11.8. The predicted molar refractivity (Wildman–Crippen MR) is 90.2 cm³/mol. The van der Waals surface area contributed by atoms with E-state index in [-0.39, 0.29) is 0 Å². The van der Waals surface area contributed by atoms with Crippen molar-refractivity contribution in [3.63, 3.8) is 0 Å². The van der Waals surface area contributed by atoms with Crippen LogP contribution in [0.1, 0.15) is 25.0 Å². The van der Waals surface area contributed by atoms with Gasteiger partial charge in [0, 0.05) is 21.9 Å². The lowest BCUT2D eigenvalue weighted by Crippen LogP contribution is -2.22. The van der Waals surface area contributed by atoms with E-state index in [2.05, 4.69) is 59.5 Å². The van der Waals surface area contributed by atoms with Gasteiger partial charge in [-0.25, -0.2) is 9.97 Å². The summed E-state index contributed by atoms with van der Waals surface area (Å²) in [6, 6.07) is 4.91. The molecule has 1 fully saturated rings. The van der Waals surface area contributed by atoms with Crippen molar-refractivity contribution in [2.24, 2.45) is 0 Å². The number of rotatable bonds is 4. The first-order valence-corrected chi connectivity index (χ1v) is 8.08. The molecule has 1 aliphatic rings. The molecule has 0 bridgehead atoms. The van der Waals surface area contributed by atoms with Crippen LogP contribution in [-0.2, 0) is 0 Å². The monoisotopic (exact) mass is 396 g/mol. The Labute approximate surface area is 137 Å². The lowest BCUT2D eigenvalue weighted by Gasteiger charge is -2.14.